The Morgan fingerprint density at radius 2 is 1.79 bits per heavy atom. The molecule has 136 valence electrons. The molecule has 2 atom stereocenters. The molecule has 2 aliphatic rings. The van der Waals surface area contributed by atoms with E-state index in [1.807, 2.05) is 13.8 Å². The van der Waals surface area contributed by atoms with Crippen LogP contribution >= 0.6 is 0 Å². The summed E-state index contributed by atoms with van der Waals surface area (Å²) >= 11 is 0. The van der Waals surface area contributed by atoms with Gasteiger partial charge in [0.15, 0.2) is 0 Å². The predicted molar refractivity (Wildman–Crippen MR) is 95.1 cm³/mol. The van der Waals surface area contributed by atoms with E-state index in [0.717, 1.165) is 63.2 Å². The van der Waals surface area contributed by atoms with E-state index < -0.39 is 0 Å². The maximum atomic E-state index is 6.17. The molecule has 0 amide bonds. The van der Waals surface area contributed by atoms with Gasteiger partial charge in [0.2, 0.25) is 0 Å². The summed E-state index contributed by atoms with van der Waals surface area (Å²) in [5.74, 6) is 1.70. The summed E-state index contributed by atoms with van der Waals surface area (Å²) in [5, 5.41) is 4.06. The van der Waals surface area contributed by atoms with Crippen LogP contribution in [-0.2, 0) is 11.3 Å². The lowest BCUT2D eigenvalue weighted by atomic mass is 9.88. The monoisotopic (exact) mass is 335 g/mol. The summed E-state index contributed by atoms with van der Waals surface area (Å²) in [5.41, 5.74) is 2.29. The number of aromatic nitrogens is 1. The van der Waals surface area contributed by atoms with Crippen LogP contribution < -0.4 is 0 Å². The zero-order valence-corrected chi connectivity index (χ0v) is 15.6. The van der Waals surface area contributed by atoms with E-state index in [4.69, 9.17) is 9.26 Å². The molecule has 1 saturated carbocycles. The Morgan fingerprint density at radius 1 is 1.08 bits per heavy atom. The highest BCUT2D eigenvalue weighted by Crippen LogP contribution is 2.26. The summed E-state index contributed by atoms with van der Waals surface area (Å²) in [7, 11) is 0. The van der Waals surface area contributed by atoms with Crippen LogP contribution in [0.2, 0.25) is 0 Å². The molecule has 2 heterocycles. The van der Waals surface area contributed by atoms with E-state index in [1.165, 1.54) is 31.2 Å². The van der Waals surface area contributed by atoms with E-state index >= 15 is 0 Å². The van der Waals surface area contributed by atoms with Crippen LogP contribution in [0.15, 0.2) is 4.52 Å². The molecule has 5 heteroatoms. The van der Waals surface area contributed by atoms with Crippen LogP contribution in [0, 0.1) is 19.8 Å². The normalized spacial score (nSPS) is 26.8. The fraction of sp³-hybridized carbons (Fsp3) is 0.842. The van der Waals surface area contributed by atoms with Gasteiger partial charge in [-0.3, -0.25) is 9.80 Å². The number of ether oxygens (including phenoxy) is 1. The second-order valence-corrected chi connectivity index (χ2v) is 7.59. The average Bonchev–Trinajstić information content (AvgIpc) is 2.90. The SMILES string of the molecule is Cc1noc(C)c1CN1CCN(CCOC2CCCCC2C)CC1. The third kappa shape index (κ3) is 4.58. The second-order valence-electron chi connectivity index (χ2n) is 7.59. The number of hydrogen-bond acceptors (Lipinski definition) is 5. The Hall–Kier alpha value is -0.910. The highest BCUT2D eigenvalue weighted by molar-refractivity contribution is 5.20. The maximum absolute atomic E-state index is 6.17. The Balaban J connectivity index is 1.35. The van der Waals surface area contributed by atoms with Crippen molar-refractivity contribution in [3.8, 4) is 0 Å². The van der Waals surface area contributed by atoms with Crippen molar-refractivity contribution in [3.63, 3.8) is 0 Å². The van der Waals surface area contributed by atoms with E-state index in [2.05, 4.69) is 21.9 Å². The number of rotatable bonds is 6. The van der Waals surface area contributed by atoms with Crippen molar-refractivity contribution >= 4 is 0 Å². The van der Waals surface area contributed by atoms with Crippen molar-refractivity contribution in [1.82, 2.24) is 15.0 Å². The fourth-order valence-electron chi connectivity index (χ4n) is 3.99. The lowest BCUT2D eigenvalue weighted by Gasteiger charge is -2.35. The minimum atomic E-state index is 0.500. The molecule has 2 fully saturated rings. The Kier molecular flexibility index (Phi) is 6.31. The molecule has 0 bridgehead atoms. The molecule has 0 radical (unpaired) electrons. The highest BCUT2D eigenvalue weighted by atomic mass is 16.5. The van der Waals surface area contributed by atoms with E-state index in [1.54, 1.807) is 0 Å². The van der Waals surface area contributed by atoms with Gasteiger partial charge in [-0.1, -0.05) is 24.9 Å². The van der Waals surface area contributed by atoms with Gasteiger partial charge in [0.1, 0.15) is 5.76 Å². The molecule has 1 aliphatic carbocycles. The molecule has 1 aromatic rings. The number of aryl methyl sites for hydroxylation is 2. The fourth-order valence-corrected chi connectivity index (χ4v) is 3.99. The second kappa shape index (κ2) is 8.45. The molecule has 24 heavy (non-hydrogen) atoms. The van der Waals surface area contributed by atoms with E-state index in [0.29, 0.717) is 6.10 Å². The number of hydrogen-bond donors (Lipinski definition) is 0. The van der Waals surface area contributed by atoms with Crippen molar-refractivity contribution in [3.05, 3.63) is 17.0 Å². The van der Waals surface area contributed by atoms with E-state index in [-0.39, 0.29) is 0 Å². The molecule has 3 rings (SSSR count). The molecular formula is C19H33N3O2. The molecule has 5 nitrogen and oxygen atoms in total. The minimum absolute atomic E-state index is 0.500. The Bertz CT molecular complexity index is 489. The quantitative estimate of drug-likeness (QED) is 0.799. The van der Waals surface area contributed by atoms with Crippen molar-refractivity contribution in [2.75, 3.05) is 39.3 Å². The van der Waals surface area contributed by atoms with Gasteiger partial charge in [-0.25, -0.2) is 0 Å². The third-order valence-corrected chi connectivity index (χ3v) is 5.80. The molecule has 2 unspecified atom stereocenters. The van der Waals surface area contributed by atoms with Crippen LogP contribution in [0.1, 0.15) is 49.6 Å². The first-order valence-electron chi connectivity index (χ1n) is 9.61. The van der Waals surface area contributed by atoms with Crippen LogP contribution in [0.3, 0.4) is 0 Å². The Morgan fingerprint density at radius 3 is 2.46 bits per heavy atom. The van der Waals surface area contributed by atoms with Gasteiger partial charge in [0, 0.05) is 44.8 Å². The third-order valence-electron chi connectivity index (χ3n) is 5.80. The van der Waals surface area contributed by atoms with Crippen molar-refractivity contribution in [2.24, 2.45) is 5.92 Å². The van der Waals surface area contributed by atoms with Gasteiger partial charge in [-0.05, 0) is 32.6 Å². The molecule has 1 aliphatic heterocycles. The van der Waals surface area contributed by atoms with Crippen molar-refractivity contribution < 1.29 is 9.26 Å². The smallest absolute Gasteiger partial charge is 0.138 e. The zero-order chi connectivity index (χ0) is 16.9. The van der Waals surface area contributed by atoms with Gasteiger partial charge in [-0.15, -0.1) is 0 Å². The Labute approximate surface area is 146 Å². The molecular weight excluding hydrogens is 302 g/mol. The van der Waals surface area contributed by atoms with Gasteiger partial charge in [-0.2, -0.15) is 0 Å². The van der Waals surface area contributed by atoms with Gasteiger partial charge < -0.3 is 9.26 Å². The lowest BCUT2D eigenvalue weighted by molar-refractivity contribution is -0.0182. The number of nitrogens with zero attached hydrogens (tertiary/aromatic N) is 3. The molecule has 0 aromatic carbocycles. The van der Waals surface area contributed by atoms with Crippen LogP contribution in [0.4, 0.5) is 0 Å². The van der Waals surface area contributed by atoms with Crippen molar-refractivity contribution in [1.29, 1.82) is 0 Å². The maximum Gasteiger partial charge on any atom is 0.138 e. The largest absolute Gasteiger partial charge is 0.377 e. The summed E-state index contributed by atoms with van der Waals surface area (Å²) in [6, 6.07) is 0. The summed E-state index contributed by atoms with van der Waals surface area (Å²) in [6.07, 6.45) is 5.82. The molecule has 1 saturated heterocycles. The first-order valence-corrected chi connectivity index (χ1v) is 9.61. The molecule has 0 spiro atoms. The van der Waals surface area contributed by atoms with Gasteiger partial charge in [0.05, 0.1) is 18.4 Å². The lowest BCUT2D eigenvalue weighted by Crippen LogP contribution is -2.47. The van der Waals surface area contributed by atoms with Crippen LogP contribution in [0.5, 0.6) is 0 Å². The molecule has 1 aromatic heterocycles. The zero-order valence-electron chi connectivity index (χ0n) is 15.6. The summed E-state index contributed by atoms with van der Waals surface area (Å²) in [6.45, 7) is 13.8. The summed E-state index contributed by atoms with van der Waals surface area (Å²) in [4.78, 5) is 5.05. The van der Waals surface area contributed by atoms with E-state index in [9.17, 15) is 0 Å². The predicted octanol–water partition coefficient (Wildman–Crippen LogP) is 3.00. The number of piperazine rings is 1. The van der Waals surface area contributed by atoms with Crippen LogP contribution in [-0.4, -0.2) is 60.4 Å². The first kappa shape index (κ1) is 17.9. The average molecular weight is 335 g/mol. The molecule has 0 N–H and O–H groups in total. The highest BCUT2D eigenvalue weighted by Gasteiger charge is 2.23. The standard InChI is InChI=1S/C19H33N3O2/c1-15-6-4-5-7-19(15)23-13-12-21-8-10-22(11-9-21)14-18-16(2)20-24-17(18)3/h15,19H,4-14H2,1-3H3. The minimum Gasteiger partial charge on any atom is -0.377 e. The summed E-state index contributed by atoms with van der Waals surface area (Å²) < 4.78 is 11.4. The van der Waals surface area contributed by atoms with Gasteiger partial charge >= 0.3 is 0 Å². The first-order chi connectivity index (χ1) is 11.6. The van der Waals surface area contributed by atoms with Crippen molar-refractivity contribution in [2.45, 2.75) is 59.1 Å². The van der Waals surface area contributed by atoms with Crippen LogP contribution in [0.25, 0.3) is 0 Å². The topological polar surface area (TPSA) is 41.7 Å². The van der Waals surface area contributed by atoms with Gasteiger partial charge in [0.25, 0.3) is 0 Å².